The van der Waals surface area contributed by atoms with Crippen molar-refractivity contribution in [3.8, 4) is 0 Å². The molecule has 108 valence electrons. The van der Waals surface area contributed by atoms with Crippen LogP contribution in [0.1, 0.15) is 25.7 Å². The summed E-state index contributed by atoms with van der Waals surface area (Å²) in [5, 5.41) is 7.57. The number of anilines is 1. The van der Waals surface area contributed by atoms with Crippen LogP contribution < -0.4 is 5.32 Å². The second-order valence-corrected chi connectivity index (χ2v) is 5.76. The summed E-state index contributed by atoms with van der Waals surface area (Å²) in [5.74, 6) is 0.248. The zero-order valence-electron chi connectivity index (χ0n) is 11.9. The molecule has 0 bridgehead atoms. The lowest BCUT2D eigenvalue weighted by atomic mass is 9.96. The van der Waals surface area contributed by atoms with E-state index in [4.69, 9.17) is 0 Å². The van der Waals surface area contributed by atoms with Gasteiger partial charge in [0.15, 0.2) is 5.65 Å². The standard InChI is InChI=1S/C14H20FN5/c1-19(2)14(7-3-4-8-14)10-16-13-17-12-6-5-11(15)9-20(12)18-13/h5-6,9H,3-4,7-8,10H2,1-2H3,(H,16,18). The molecule has 1 aliphatic rings. The molecule has 1 saturated carbocycles. The van der Waals surface area contributed by atoms with Crippen LogP contribution >= 0.6 is 0 Å². The summed E-state index contributed by atoms with van der Waals surface area (Å²) >= 11 is 0. The average Bonchev–Trinajstić information content (AvgIpc) is 3.02. The second kappa shape index (κ2) is 5.01. The van der Waals surface area contributed by atoms with Crippen molar-refractivity contribution in [2.75, 3.05) is 26.0 Å². The van der Waals surface area contributed by atoms with Crippen molar-refractivity contribution in [1.82, 2.24) is 19.5 Å². The third-order valence-corrected chi connectivity index (χ3v) is 4.35. The van der Waals surface area contributed by atoms with Gasteiger partial charge in [-0.25, -0.2) is 8.91 Å². The van der Waals surface area contributed by atoms with Gasteiger partial charge in [0.1, 0.15) is 5.82 Å². The summed E-state index contributed by atoms with van der Waals surface area (Å²) in [6, 6.07) is 3.02. The summed E-state index contributed by atoms with van der Waals surface area (Å²) < 4.78 is 14.6. The molecule has 3 rings (SSSR count). The lowest BCUT2D eigenvalue weighted by Gasteiger charge is -2.36. The molecule has 1 fully saturated rings. The first-order valence-electron chi connectivity index (χ1n) is 7.02. The number of halogens is 1. The van der Waals surface area contributed by atoms with Crippen molar-refractivity contribution in [2.24, 2.45) is 0 Å². The van der Waals surface area contributed by atoms with E-state index >= 15 is 0 Å². The molecule has 6 heteroatoms. The Hall–Kier alpha value is -1.69. The fourth-order valence-corrected chi connectivity index (χ4v) is 2.99. The maximum absolute atomic E-state index is 13.1. The number of likely N-dealkylation sites (N-methyl/N-ethyl adjacent to an activating group) is 1. The largest absolute Gasteiger partial charge is 0.351 e. The van der Waals surface area contributed by atoms with Crippen molar-refractivity contribution in [3.63, 3.8) is 0 Å². The molecule has 0 amide bonds. The summed E-state index contributed by atoms with van der Waals surface area (Å²) in [7, 11) is 4.25. The predicted molar refractivity (Wildman–Crippen MR) is 76.3 cm³/mol. The minimum atomic E-state index is -0.311. The molecule has 0 radical (unpaired) electrons. The highest BCUT2D eigenvalue weighted by Gasteiger charge is 2.35. The van der Waals surface area contributed by atoms with Crippen molar-refractivity contribution in [3.05, 3.63) is 24.1 Å². The minimum Gasteiger partial charge on any atom is -0.351 e. The van der Waals surface area contributed by atoms with E-state index in [0.29, 0.717) is 11.6 Å². The maximum Gasteiger partial charge on any atom is 0.243 e. The zero-order valence-corrected chi connectivity index (χ0v) is 11.9. The van der Waals surface area contributed by atoms with Gasteiger partial charge < -0.3 is 10.2 Å². The third kappa shape index (κ3) is 2.35. The van der Waals surface area contributed by atoms with Crippen LogP contribution in [0.2, 0.25) is 0 Å². The first-order valence-corrected chi connectivity index (χ1v) is 7.02. The molecule has 0 aromatic carbocycles. The molecular formula is C14H20FN5. The lowest BCUT2D eigenvalue weighted by molar-refractivity contribution is 0.172. The van der Waals surface area contributed by atoms with Crippen LogP contribution in [0.4, 0.5) is 10.3 Å². The van der Waals surface area contributed by atoms with Gasteiger partial charge in [-0.2, -0.15) is 4.98 Å². The van der Waals surface area contributed by atoms with Gasteiger partial charge in [-0.3, -0.25) is 0 Å². The first-order chi connectivity index (χ1) is 9.59. The SMILES string of the molecule is CN(C)C1(CNc2nc3ccc(F)cn3n2)CCCC1. The van der Waals surface area contributed by atoms with Crippen LogP contribution in [-0.2, 0) is 0 Å². The predicted octanol–water partition coefficient (Wildman–Crippen LogP) is 2.15. The van der Waals surface area contributed by atoms with Crippen molar-refractivity contribution < 1.29 is 4.39 Å². The summed E-state index contributed by atoms with van der Waals surface area (Å²) in [6.45, 7) is 0.819. The molecule has 0 aliphatic heterocycles. The van der Waals surface area contributed by atoms with Gasteiger partial charge in [-0.15, -0.1) is 5.10 Å². The third-order valence-electron chi connectivity index (χ3n) is 4.35. The highest BCUT2D eigenvalue weighted by molar-refractivity contribution is 5.43. The van der Waals surface area contributed by atoms with Crippen molar-refractivity contribution >= 4 is 11.6 Å². The number of hydrogen-bond acceptors (Lipinski definition) is 4. The van der Waals surface area contributed by atoms with Crippen LogP contribution in [0.25, 0.3) is 5.65 Å². The van der Waals surface area contributed by atoms with Gasteiger partial charge in [0.2, 0.25) is 5.95 Å². The first kappa shape index (κ1) is 13.3. The molecule has 1 aliphatic carbocycles. The van der Waals surface area contributed by atoms with E-state index in [1.165, 1.54) is 42.5 Å². The van der Waals surface area contributed by atoms with E-state index in [0.717, 1.165) is 6.54 Å². The summed E-state index contributed by atoms with van der Waals surface area (Å²) in [6.07, 6.45) is 6.25. The molecule has 0 unspecified atom stereocenters. The van der Waals surface area contributed by atoms with Crippen LogP contribution in [-0.4, -0.2) is 45.7 Å². The zero-order chi connectivity index (χ0) is 14.2. The number of nitrogens with zero attached hydrogens (tertiary/aromatic N) is 4. The topological polar surface area (TPSA) is 45.5 Å². The Kier molecular flexibility index (Phi) is 3.33. The summed E-state index contributed by atoms with van der Waals surface area (Å²) in [4.78, 5) is 6.65. The van der Waals surface area contributed by atoms with Gasteiger partial charge in [0.05, 0.1) is 6.20 Å². The molecule has 5 nitrogen and oxygen atoms in total. The monoisotopic (exact) mass is 277 g/mol. The Morgan fingerprint density at radius 3 is 2.80 bits per heavy atom. The number of fused-ring (bicyclic) bond motifs is 1. The molecule has 0 atom stereocenters. The normalized spacial score (nSPS) is 18.0. The van der Waals surface area contributed by atoms with E-state index in [2.05, 4.69) is 34.4 Å². The number of hydrogen-bond donors (Lipinski definition) is 1. The highest BCUT2D eigenvalue weighted by Crippen LogP contribution is 2.33. The Bertz CT molecular complexity index is 601. The Balaban J connectivity index is 1.76. The molecule has 20 heavy (non-hydrogen) atoms. The van der Waals surface area contributed by atoms with Crippen molar-refractivity contribution in [1.29, 1.82) is 0 Å². The molecule has 2 heterocycles. The van der Waals surface area contributed by atoms with E-state index in [1.54, 1.807) is 6.07 Å². The van der Waals surface area contributed by atoms with Crippen LogP contribution in [0.3, 0.4) is 0 Å². The average molecular weight is 277 g/mol. The van der Waals surface area contributed by atoms with Gasteiger partial charge in [0.25, 0.3) is 0 Å². The second-order valence-electron chi connectivity index (χ2n) is 5.76. The minimum absolute atomic E-state index is 0.183. The van der Waals surface area contributed by atoms with E-state index in [9.17, 15) is 4.39 Å². The molecule has 0 spiro atoms. The van der Waals surface area contributed by atoms with Gasteiger partial charge >= 0.3 is 0 Å². The molecule has 1 N–H and O–H groups in total. The quantitative estimate of drug-likeness (QED) is 0.930. The van der Waals surface area contributed by atoms with Gasteiger partial charge in [0, 0.05) is 12.1 Å². The van der Waals surface area contributed by atoms with Crippen molar-refractivity contribution in [2.45, 2.75) is 31.2 Å². The highest BCUT2D eigenvalue weighted by atomic mass is 19.1. The van der Waals surface area contributed by atoms with E-state index in [-0.39, 0.29) is 11.4 Å². The Labute approximate surface area is 117 Å². The number of aromatic nitrogens is 3. The number of rotatable bonds is 4. The number of nitrogens with one attached hydrogen (secondary N) is 1. The molecular weight excluding hydrogens is 257 g/mol. The van der Waals surface area contributed by atoms with Crippen LogP contribution in [0, 0.1) is 5.82 Å². The molecule has 2 aromatic heterocycles. The molecule has 2 aromatic rings. The number of pyridine rings is 1. The van der Waals surface area contributed by atoms with Crippen LogP contribution in [0.5, 0.6) is 0 Å². The van der Waals surface area contributed by atoms with Crippen LogP contribution in [0.15, 0.2) is 18.3 Å². The van der Waals surface area contributed by atoms with Gasteiger partial charge in [-0.05, 0) is 39.1 Å². The maximum atomic E-state index is 13.1. The Morgan fingerprint density at radius 2 is 2.10 bits per heavy atom. The Morgan fingerprint density at radius 1 is 1.35 bits per heavy atom. The lowest BCUT2D eigenvalue weighted by Crippen LogP contribution is -2.47. The fourth-order valence-electron chi connectivity index (χ4n) is 2.99. The summed E-state index contributed by atoms with van der Waals surface area (Å²) in [5.41, 5.74) is 0.835. The van der Waals surface area contributed by atoms with E-state index < -0.39 is 0 Å². The fraction of sp³-hybridized carbons (Fsp3) is 0.571. The smallest absolute Gasteiger partial charge is 0.243 e. The molecule has 0 saturated heterocycles. The van der Waals surface area contributed by atoms with E-state index in [1.807, 2.05) is 0 Å². The van der Waals surface area contributed by atoms with Gasteiger partial charge in [-0.1, -0.05) is 12.8 Å².